The molecule has 2 aromatic rings. The molecule has 1 N–H and O–H groups in total. The number of halogens is 5. The molecule has 1 aliphatic rings. The third kappa shape index (κ3) is 4.52. The van der Waals surface area contributed by atoms with Gasteiger partial charge in [0.15, 0.2) is 0 Å². The molecule has 0 aliphatic carbocycles. The lowest BCUT2D eigenvalue weighted by atomic mass is 10.1. The van der Waals surface area contributed by atoms with Gasteiger partial charge in [-0.15, -0.1) is 0 Å². The smallest absolute Gasteiger partial charge is 0.325 e. The van der Waals surface area contributed by atoms with Crippen LogP contribution in [0.3, 0.4) is 0 Å². The minimum Gasteiger partial charge on any atom is -0.325 e. The summed E-state index contributed by atoms with van der Waals surface area (Å²) in [7, 11) is 0. The quantitative estimate of drug-likeness (QED) is 0.621. The van der Waals surface area contributed by atoms with Gasteiger partial charge in [-0.05, 0) is 52.3 Å². The Balaban J connectivity index is 1.74. The SMILES string of the molecule is O=C(Nc1ccc(Br)cc1Br)[C@@H]1CC(=O)N(c2cccc(C(F)(F)F)c2)C1. The fourth-order valence-electron chi connectivity index (χ4n) is 2.81. The summed E-state index contributed by atoms with van der Waals surface area (Å²) in [6.45, 7) is 0.0279. The number of carbonyl (C=O) groups excluding carboxylic acids is 2. The molecule has 0 spiro atoms. The first-order valence-corrected chi connectivity index (χ1v) is 9.47. The van der Waals surface area contributed by atoms with Gasteiger partial charge >= 0.3 is 6.18 Å². The van der Waals surface area contributed by atoms with Gasteiger partial charge in [0.1, 0.15) is 0 Å². The Morgan fingerprint density at radius 1 is 1.15 bits per heavy atom. The topological polar surface area (TPSA) is 49.4 Å². The number of anilines is 2. The lowest BCUT2D eigenvalue weighted by molar-refractivity contribution is -0.137. The van der Waals surface area contributed by atoms with Crippen molar-refractivity contribution < 1.29 is 22.8 Å². The second kappa shape index (κ2) is 7.63. The van der Waals surface area contributed by atoms with E-state index in [1.807, 2.05) is 0 Å². The van der Waals surface area contributed by atoms with Crippen molar-refractivity contribution in [2.45, 2.75) is 12.6 Å². The molecular formula is C18H13Br2F3N2O2. The van der Waals surface area contributed by atoms with Gasteiger partial charge in [-0.1, -0.05) is 22.0 Å². The van der Waals surface area contributed by atoms with E-state index in [1.165, 1.54) is 17.0 Å². The summed E-state index contributed by atoms with van der Waals surface area (Å²) in [5, 5.41) is 2.74. The minimum absolute atomic E-state index is 0.0279. The van der Waals surface area contributed by atoms with E-state index in [9.17, 15) is 22.8 Å². The number of nitrogens with zero attached hydrogens (tertiary/aromatic N) is 1. The van der Waals surface area contributed by atoms with Crippen molar-refractivity contribution in [2.75, 3.05) is 16.8 Å². The van der Waals surface area contributed by atoms with Crippen LogP contribution in [-0.4, -0.2) is 18.4 Å². The number of hydrogen-bond acceptors (Lipinski definition) is 2. The van der Waals surface area contributed by atoms with E-state index in [2.05, 4.69) is 37.2 Å². The number of amides is 2. The second-order valence-electron chi connectivity index (χ2n) is 6.07. The first-order valence-electron chi connectivity index (χ1n) is 7.88. The standard InChI is InChI=1S/C18H13Br2F3N2O2/c19-12-4-5-15(14(20)8-12)24-17(27)10-6-16(26)25(9-10)13-3-1-2-11(7-13)18(21,22)23/h1-5,7-8,10H,6,9H2,(H,24,27)/t10-/m1/s1. The van der Waals surface area contributed by atoms with Gasteiger partial charge in [-0.3, -0.25) is 9.59 Å². The third-order valence-corrected chi connectivity index (χ3v) is 5.32. The van der Waals surface area contributed by atoms with Gasteiger partial charge in [0.25, 0.3) is 0 Å². The van der Waals surface area contributed by atoms with Crippen LogP contribution in [0.4, 0.5) is 24.5 Å². The lowest BCUT2D eigenvalue weighted by Gasteiger charge is -2.18. The summed E-state index contributed by atoms with van der Waals surface area (Å²) in [6, 6.07) is 9.77. The largest absolute Gasteiger partial charge is 0.416 e. The molecule has 2 amide bonds. The van der Waals surface area contributed by atoms with E-state index in [-0.39, 0.29) is 30.5 Å². The Bertz CT molecular complexity index is 902. The van der Waals surface area contributed by atoms with Crippen LogP contribution in [0.2, 0.25) is 0 Å². The molecule has 4 nitrogen and oxygen atoms in total. The molecule has 0 radical (unpaired) electrons. The average molecular weight is 506 g/mol. The predicted molar refractivity (Wildman–Crippen MR) is 102 cm³/mol. The van der Waals surface area contributed by atoms with Crippen LogP contribution < -0.4 is 10.2 Å². The molecule has 142 valence electrons. The van der Waals surface area contributed by atoms with Gasteiger partial charge in [0.05, 0.1) is 17.2 Å². The van der Waals surface area contributed by atoms with Gasteiger partial charge in [-0.2, -0.15) is 13.2 Å². The molecule has 1 atom stereocenters. The monoisotopic (exact) mass is 504 g/mol. The predicted octanol–water partition coefficient (Wildman–Crippen LogP) is 5.22. The normalized spacial score (nSPS) is 17.3. The van der Waals surface area contributed by atoms with Crippen molar-refractivity contribution in [1.82, 2.24) is 0 Å². The fraction of sp³-hybridized carbons (Fsp3) is 0.222. The molecule has 9 heteroatoms. The van der Waals surface area contributed by atoms with Crippen LogP contribution in [0.1, 0.15) is 12.0 Å². The van der Waals surface area contributed by atoms with Crippen LogP contribution in [0.15, 0.2) is 51.4 Å². The molecule has 0 bridgehead atoms. The molecule has 1 aliphatic heterocycles. The van der Waals surface area contributed by atoms with Crippen molar-refractivity contribution in [3.63, 3.8) is 0 Å². The molecule has 1 heterocycles. The summed E-state index contributed by atoms with van der Waals surface area (Å²) in [5.74, 6) is -1.40. The van der Waals surface area contributed by atoms with Crippen LogP contribution in [-0.2, 0) is 15.8 Å². The maximum absolute atomic E-state index is 12.9. The second-order valence-corrected chi connectivity index (χ2v) is 7.84. The highest BCUT2D eigenvalue weighted by Crippen LogP contribution is 2.34. The number of rotatable bonds is 3. The molecule has 1 saturated heterocycles. The highest BCUT2D eigenvalue weighted by molar-refractivity contribution is 9.11. The van der Waals surface area contributed by atoms with Gasteiger partial charge < -0.3 is 10.2 Å². The number of carbonyl (C=O) groups is 2. The van der Waals surface area contributed by atoms with Crippen molar-refractivity contribution in [2.24, 2.45) is 5.92 Å². The van der Waals surface area contributed by atoms with Crippen LogP contribution in [0.25, 0.3) is 0 Å². The maximum atomic E-state index is 12.9. The van der Waals surface area contributed by atoms with E-state index in [1.54, 1.807) is 18.2 Å². The Hall–Kier alpha value is -1.87. The number of alkyl halides is 3. The van der Waals surface area contributed by atoms with Gasteiger partial charge in [0.2, 0.25) is 11.8 Å². The summed E-state index contributed by atoms with van der Waals surface area (Å²) in [4.78, 5) is 26.0. The zero-order valence-corrected chi connectivity index (χ0v) is 16.9. The van der Waals surface area contributed by atoms with Crippen molar-refractivity contribution >= 4 is 55.0 Å². The highest BCUT2D eigenvalue weighted by Gasteiger charge is 2.37. The molecule has 0 saturated carbocycles. The summed E-state index contributed by atoms with van der Waals surface area (Å²) < 4.78 is 40.2. The summed E-state index contributed by atoms with van der Waals surface area (Å²) >= 11 is 6.66. The summed E-state index contributed by atoms with van der Waals surface area (Å²) in [5.41, 5.74) is -0.150. The number of benzene rings is 2. The average Bonchev–Trinajstić information content (AvgIpc) is 2.99. The molecule has 2 aromatic carbocycles. The fourth-order valence-corrected chi connectivity index (χ4v) is 3.95. The maximum Gasteiger partial charge on any atom is 0.416 e. The van der Waals surface area contributed by atoms with Crippen molar-refractivity contribution in [3.8, 4) is 0 Å². The van der Waals surface area contributed by atoms with E-state index in [4.69, 9.17) is 0 Å². The Kier molecular flexibility index (Phi) is 5.62. The first-order chi connectivity index (χ1) is 12.6. The highest BCUT2D eigenvalue weighted by atomic mass is 79.9. The molecule has 27 heavy (non-hydrogen) atoms. The van der Waals surface area contributed by atoms with Crippen LogP contribution >= 0.6 is 31.9 Å². The first kappa shape index (κ1) is 19.9. The van der Waals surface area contributed by atoms with Crippen molar-refractivity contribution in [1.29, 1.82) is 0 Å². The van der Waals surface area contributed by atoms with E-state index < -0.39 is 17.7 Å². The Morgan fingerprint density at radius 2 is 1.89 bits per heavy atom. The lowest BCUT2D eigenvalue weighted by Crippen LogP contribution is -2.28. The van der Waals surface area contributed by atoms with E-state index >= 15 is 0 Å². The summed E-state index contributed by atoms with van der Waals surface area (Å²) in [6.07, 6.45) is -4.56. The molecule has 1 fully saturated rings. The van der Waals surface area contributed by atoms with Crippen LogP contribution in [0.5, 0.6) is 0 Å². The minimum atomic E-state index is -4.50. The zero-order chi connectivity index (χ0) is 19.8. The van der Waals surface area contributed by atoms with Gasteiger partial charge in [0, 0.05) is 27.6 Å². The molecule has 0 unspecified atom stereocenters. The molecular weight excluding hydrogens is 493 g/mol. The molecule has 3 rings (SSSR count). The number of hydrogen-bond donors (Lipinski definition) is 1. The third-order valence-electron chi connectivity index (χ3n) is 4.17. The Morgan fingerprint density at radius 3 is 2.56 bits per heavy atom. The van der Waals surface area contributed by atoms with E-state index in [0.29, 0.717) is 10.2 Å². The number of nitrogens with one attached hydrogen (secondary N) is 1. The van der Waals surface area contributed by atoms with Crippen LogP contribution in [0, 0.1) is 5.92 Å². The zero-order valence-electron chi connectivity index (χ0n) is 13.7. The van der Waals surface area contributed by atoms with E-state index in [0.717, 1.165) is 16.6 Å². The van der Waals surface area contributed by atoms with Crippen molar-refractivity contribution in [3.05, 3.63) is 57.0 Å². The van der Waals surface area contributed by atoms with Gasteiger partial charge in [-0.25, -0.2) is 0 Å². The Labute approximate surface area is 170 Å². The molecule has 0 aromatic heterocycles.